The van der Waals surface area contributed by atoms with Gasteiger partial charge < -0.3 is 10.4 Å². The molecule has 4 nitrogen and oxygen atoms in total. The van der Waals surface area contributed by atoms with Crippen molar-refractivity contribution in [1.29, 1.82) is 0 Å². The molecule has 0 fully saturated rings. The van der Waals surface area contributed by atoms with Crippen LogP contribution in [0.2, 0.25) is 0 Å². The maximum absolute atomic E-state index is 9.51. The molecular weight excluding hydrogens is 238 g/mol. The quantitative estimate of drug-likeness (QED) is 0.829. The summed E-state index contributed by atoms with van der Waals surface area (Å²) in [5, 5.41) is 17.4. The van der Waals surface area contributed by atoms with Crippen molar-refractivity contribution in [2.24, 2.45) is 7.05 Å². The number of hydrogen-bond acceptors (Lipinski definition) is 3. The molecule has 0 unspecified atom stereocenters. The molecule has 0 bridgehead atoms. The Morgan fingerprint density at radius 3 is 2.74 bits per heavy atom. The Labute approximate surface area is 114 Å². The Kier molecular flexibility index (Phi) is 3.79. The first kappa shape index (κ1) is 13.5. The molecule has 1 aromatic carbocycles. The molecule has 19 heavy (non-hydrogen) atoms. The number of aromatic nitrogens is 2. The van der Waals surface area contributed by atoms with Crippen LogP contribution in [0, 0.1) is 6.92 Å². The van der Waals surface area contributed by atoms with Gasteiger partial charge in [-0.25, -0.2) is 0 Å². The first-order chi connectivity index (χ1) is 8.97. The molecule has 0 radical (unpaired) electrons. The molecule has 0 aliphatic heterocycles. The summed E-state index contributed by atoms with van der Waals surface area (Å²) in [6.45, 7) is 6.93. The van der Waals surface area contributed by atoms with Crippen LogP contribution in [-0.2, 0) is 13.6 Å². The fraction of sp³-hybridized carbons (Fsp3) is 0.400. The Hall–Kier alpha value is -1.97. The van der Waals surface area contributed by atoms with Crippen molar-refractivity contribution < 1.29 is 5.11 Å². The lowest BCUT2D eigenvalue weighted by Gasteiger charge is -2.09. The van der Waals surface area contributed by atoms with Crippen LogP contribution in [0.15, 0.2) is 24.4 Å². The fourth-order valence-corrected chi connectivity index (χ4v) is 2.14. The molecule has 0 aliphatic carbocycles. The zero-order chi connectivity index (χ0) is 14.0. The predicted molar refractivity (Wildman–Crippen MR) is 77.5 cm³/mol. The van der Waals surface area contributed by atoms with Crippen LogP contribution < -0.4 is 5.32 Å². The molecule has 2 rings (SSSR count). The molecule has 0 spiro atoms. The van der Waals surface area contributed by atoms with Crippen LogP contribution in [0.25, 0.3) is 0 Å². The van der Waals surface area contributed by atoms with E-state index in [1.54, 1.807) is 6.07 Å². The van der Waals surface area contributed by atoms with Gasteiger partial charge in [0, 0.05) is 31.0 Å². The van der Waals surface area contributed by atoms with Crippen molar-refractivity contribution in [1.82, 2.24) is 9.78 Å². The average molecular weight is 259 g/mol. The summed E-state index contributed by atoms with van der Waals surface area (Å²) in [7, 11) is 1.94. The molecule has 0 saturated heterocycles. The highest BCUT2D eigenvalue weighted by molar-refractivity contribution is 5.50. The summed E-state index contributed by atoms with van der Waals surface area (Å²) in [5.41, 5.74) is 4.22. The minimum atomic E-state index is 0.329. The van der Waals surface area contributed by atoms with Gasteiger partial charge in [-0.15, -0.1) is 0 Å². The first-order valence-electron chi connectivity index (χ1n) is 6.53. The van der Waals surface area contributed by atoms with Crippen molar-refractivity contribution in [2.45, 2.75) is 33.2 Å². The van der Waals surface area contributed by atoms with E-state index in [0.717, 1.165) is 23.5 Å². The van der Waals surface area contributed by atoms with E-state index in [-0.39, 0.29) is 0 Å². The van der Waals surface area contributed by atoms with E-state index in [0.29, 0.717) is 11.7 Å². The largest absolute Gasteiger partial charge is 0.508 e. The number of rotatable bonds is 4. The minimum Gasteiger partial charge on any atom is -0.508 e. The lowest BCUT2D eigenvalue weighted by atomic mass is 10.1. The van der Waals surface area contributed by atoms with Gasteiger partial charge in [0.05, 0.1) is 5.69 Å². The molecular formula is C15H21N3O. The van der Waals surface area contributed by atoms with E-state index < -0.39 is 0 Å². The number of nitrogens with zero attached hydrogens (tertiary/aromatic N) is 2. The lowest BCUT2D eigenvalue weighted by molar-refractivity contribution is 0.471. The third kappa shape index (κ3) is 3.08. The van der Waals surface area contributed by atoms with E-state index in [2.05, 4.69) is 30.5 Å². The number of phenols is 1. The number of phenolic OH excluding ortho intramolecular Hbond substituents is 1. The SMILES string of the molecule is Cc1cc(NCc2cn(C)nc2C(C)C)ccc1O. The summed E-state index contributed by atoms with van der Waals surface area (Å²) < 4.78 is 1.86. The highest BCUT2D eigenvalue weighted by Crippen LogP contribution is 2.22. The molecule has 0 amide bonds. The molecule has 2 N–H and O–H groups in total. The van der Waals surface area contributed by atoms with Crippen LogP contribution in [-0.4, -0.2) is 14.9 Å². The fourth-order valence-electron chi connectivity index (χ4n) is 2.14. The van der Waals surface area contributed by atoms with E-state index >= 15 is 0 Å². The maximum atomic E-state index is 9.51. The number of anilines is 1. The lowest BCUT2D eigenvalue weighted by Crippen LogP contribution is -2.02. The van der Waals surface area contributed by atoms with E-state index in [9.17, 15) is 5.11 Å². The van der Waals surface area contributed by atoms with Crippen molar-refractivity contribution in [3.05, 3.63) is 41.2 Å². The molecule has 102 valence electrons. The van der Waals surface area contributed by atoms with Crippen LogP contribution in [0.5, 0.6) is 5.75 Å². The number of benzene rings is 1. The van der Waals surface area contributed by atoms with Gasteiger partial charge in [0.25, 0.3) is 0 Å². The molecule has 0 atom stereocenters. The molecule has 1 heterocycles. The topological polar surface area (TPSA) is 50.1 Å². The van der Waals surface area contributed by atoms with Gasteiger partial charge in [0.1, 0.15) is 5.75 Å². The van der Waals surface area contributed by atoms with Crippen LogP contribution in [0.3, 0.4) is 0 Å². The summed E-state index contributed by atoms with van der Waals surface area (Å²) >= 11 is 0. The van der Waals surface area contributed by atoms with Crippen molar-refractivity contribution in [2.75, 3.05) is 5.32 Å². The average Bonchev–Trinajstić information content (AvgIpc) is 2.72. The second-order valence-electron chi connectivity index (χ2n) is 5.22. The summed E-state index contributed by atoms with van der Waals surface area (Å²) in [6, 6.07) is 5.54. The maximum Gasteiger partial charge on any atom is 0.118 e. The number of aryl methyl sites for hydroxylation is 2. The first-order valence-corrected chi connectivity index (χ1v) is 6.53. The Morgan fingerprint density at radius 2 is 2.11 bits per heavy atom. The standard InChI is InChI=1S/C15H21N3O/c1-10(2)15-12(9-18(4)17-15)8-16-13-5-6-14(19)11(3)7-13/h5-7,9-10,16,19H,8H2,1-4H3. The van der Waals surface area contributed by atoms with Crippen molar-refractivity contribution in [3.63, 3.8) is 0 Å². The van der Waals surface area contributed by atoms with Gasteiger partial charge in [-0.1, -0.05) is 13.8 Å². The van der Waals surface area contributed by atoms with Crippen LogP contribution in [0.4, 0.5) is 5.69 Å². The molecule has 0 aliphatic rings. The molecule has 2 aromatic rings. The summed E-state index contributed by atoms with van der Waals surface area (Å²) in [5.74, 6) is 0.745. The number of nitrogens with one attached hydrogen (secondary N) is 1. The number of hydrogen-bond donors (Lipinski definition) is 2. The third-order valence-corrected chi connectivity index (χ3v) is 3.16. The monoisotopic (exact) mass is 259 g/mol. The van der Waals surface area contributed by atoms with Crippen LogP contribution >= 0.6 is 0 Å². The van der Waals surface area contributed by atoms with Gasteiger partial charge >= 0.3 is 0 Å². The van der Waals surface area contributed by atoms with Gasteiger partial charge in [-0.3, -0.25) is 4.68 Å². The van der Waals surface area contributed by atoms with E-state index in [4.69, 9.17) is 0 Å². The zero-order valence-corrected chi connectivity index (χ0v) is 11.9. The van der Waals surface area contributed by atoms with E-state index in [1.165, 1.54) is 5.56 Å². The van der Waals surface area contributed by atoms with Crippen molar-refractivity contribution in [3.8, 4) is 5.75 Å². The minimum absolute atomic E-state index is 0.329. The number of aromatic hydroxyl groups is 1. The third-order valence-electron chi connectivity index (χ3n) is 3.16. The van der Waals surface area contributed by atoms with Gasteiger partial charge in [0.2, 0.25) is 0 Å². The van der Waals surface area contributed by atoms with Gasteiger partial charge in [0.15, 0.2) is 0 Å². The zero-order valence-electron chi connectivity index (χ0n) is 11.9. The summed E-state index contributed by atoms with van der Waals surface area (Å²) in [6.07, 6.45) is 2.05. The highest BCUT2D eigenvalue weighted by Gasteiger charge is 2.11. The molecule has 0 saturated carbocycles. The smallest absolute Gasteiger partial charge is 0.118 e. The molecule has 1 aromatic heterocycles. The highest BCUT2D eigenvalue weighted by atomic mass is 16.3. The predicted octanol–water partition coefficient (Wildman–Crippen LogP) is 3.17. The Bertz CT molecular complexity index is 573. The Morgan fingerprint density at radius 1 is 1.37 bits per heavy atom. The Balaban J connectivity index is 2.12. The summed E-state index contributed by atoms with van der Waals surface area (Å²) in [4.78, 5) is 0. The second-order valence-corrected chi connectivity index (χ2v) is 5.22. The normalized spacial score (nSPS) is 11.0. The molecule has 4 heteroatoms. The van der Waals surface area contributed by atoms with Gasteiger partial charge in [-0.05, 0) is 36.6 Å². The van der Waals surface area contributed by atoms with Gasteiger partial charge in [-0.2, -0.15) is 5.10 Å². The van der Waals surface area contributed by atoms with Crippen molar-refractivity contribution >= 4 is 5.69 Å². The second kappa shape index (κ2) is 5.34. The van der Waals surface area contributed by atoms with Crippen LogP contribution in [0.1, 0.15) is 36.6 Å². The van der Waals surface area contributed by atoms with E-state index in [1.807, 2.05) is 30.8 Å².